The van der Waals surface area contributed by atoms with Crippen molar-refractivity contribution in [1.82, 2.24) is 19.6 Å². The highest BCUT2D eigenvalue weighted by atomic mass is 16.5. The summed E-state index contributed by atoms with van der Waals surface area (Å²) < 4.78 is 8.77. The lowest BCUT2D eigenvalue weighted by molar-refractivity contribution is 0.483. The highest BCUT2D eigenvalue weighted by molar-refractivity contribution is 6.12. The van der Waals surface area contributed by atoms with E-state index in [4.69, 9.17) is 19.9 Å². The van der Waals surface area contributed by atoms with Gasteiger partial charge in [0.05, 0.1) is 11.2 Å². The fraction of sp³-hybridized carbons (Fsp3) is 0.119. The zero-order chi connectivity index (χ0) is 32.8. The molecule has 0 unspecified atom stereocenters. The van der Waals surface area contributed by atoms with Gasteiger partial charge in [-0.1, -0.05) is 74.0 Å². The minimum atomic E-state index is 0.455. The van der Waals surface area contributed by atoms with E-state index < -0.39 is 0 Å². The molecule has 0 atom stereocenters. The second-order valence-electron chi connectivity index (χ2n) is 12.6. The van der Waals surface area contributed by atoms with Gasteiger partial charge >= 0.3 is 0 Å². The van der Waals surface area contributed by atoms with Gasteiger partial charge in [0, 0.05) is 34.3 Å². The number of fused-ring (bicyclic) bond motifs is 6. The highest BCUT2D eigenvalue weighted by Crippen LogP contribution is 2.39. The van der Waals surface area contributed by atoms with E-state index in [2.05, 4.69) is 122 Å². The molecule has 8 aromatic rings. The van der Waals surface area contributed by atoms with Crippen LogP contribution in [-0.2, 0) is 0 Å². The predicted octanol–water partition coefficient (Wildman–Crippen LogP) is 11.1. The van der Waals surface area contributed by atoms with Crippen LogP contribution in [0.4, 0.5) is 17.2 Å². The zero-order valence-corrected chi connectivity index (χ0v) is 27.4. The molecule has 0 aliphatic carbocycles. The summed E-state index contributed by atoms with van der Waals surface area (Å²) in [5, 5.41) is 12.7. The average Bonchev–Trinajstić information content (AvgIpc) is 3.55. The summed E-state index contributed by atoms with van der Waals surface area (Å²) in [6.07, 6.45) is 1.82. The number of aryl methyl sites for hydroxylation is 2. The van der Waals surface area contributed by atoms with Crippen LogP contribution >= 0.6 is 0 Å². The molecule has 0 saturated heterocycles. The lowest BCUT2D eigenvalue weighted by Crippen LogP contribution is -2.11. The maximum Gasteiger partial charge on any atom is 0.169 e. The van der Waals surface area contributed by atoms with Crippen molar-refractivity contribution in [3.05, 3.63) is 150 Å². The number of benzene rings is 5. The van der Waals surface area contributed by atoms with E-state index in [9.17, 15) is 0 Å². The highest BCUT2D eigenvalue weighted by Gasteiger charge is 2.19. The van der Waals surface area contributed by atoms with Crippen molar-refractivity contribution in [2.24, 2.45) is 0 Å². The molecular formula is C42H35N5O. The molecule has 0 N–H and O–H groups in total. The van der Waals surface area contributed by atoms with Crippen LogP contribution in [0.15, 0.2) is 134 Å². The fourth-order valence-corrected chi connectivity index (χ4v) is 6.48. The number of anilines is 3. The van der Waals surface area contributed by atoms with Gasteiger partial charge in [-0.2, -0.15) is 0 Å². The van der Waals surface area contributed by atoms with Crippen molar-refractivity contribution in [3.63, 3.8) is 0 Å². The quantitative estimate of drug-likeness (QED) is 0.165. The van der Waals surface area contributed by atoms with Crippen molar-refractivity contribution in [2.75, 3.05) is 4.90 Å². The van der Waals surface area contributed by atoms with Crippen LogP contribution in [0.25, 0.3) is 38.7 Å². The minimum absolute atomic E-state index is 0.455. The van der Waals surface area contributed by atoms with Gasteiger partial charge in [0.2, 0.25) is 0 Å². The number of hydrogen-bond acceptors (Lipinski definition) is 5. The van der Waals surface area contributed by atoms with Crippen molar-refractivity contribution >= 4 is 44.5 Å². The van der Waals surface area contributed by atoms with Crippen molar-refractivity contribution < 1.29 is 4.74 Å². The summed E-state index contributed by atoms with van der Waals surface area (Å²) in [5.41, 5.74) is 8.56. The second-order valence-corrected chi connectivity index (χ2v) is 12.6. The smallest absolute Gasteiger partial charge is 0.169 e. The Morgan fingerprint density at radius 2 is 1.46 bits per heavy atom. The Morgan fingerprint density at radius 1 is 0.646 bits per heavy atom. The van der Waals surface area contributed by atoms with Crippen molar-refractivity contribution in [3.8, 4) is 22.9 Å². The topological polar surface area (TPSA) is 55.5 Å². The Labute approximate surface area is 279 Å². The van der Waals surface area contributed by atoms with E-state index in [1.807, 2.05) is 48.7 Å². The van der Waals surface area contributed by atoms with E-state index in [0.717, 1.165) is 73.0 Å². The third-order valence-electron chi connectivity index (χ3n) is 8.97. The van der Waals surface area contributed by atoms with Crippen LogP contribution in [0.3, 0.4) is 0 Å². The molecule has 6 nitrogen and oxygen atoms in total. The third-order valence-corrected chi connectivity index (χ3v) is 8.97. The summed E-state index contributed by atoms with van der Waals surface area (Å²) in [6, 6.07) is 43.9. The van der Waals surface area contributed by atoms with E-state index in [1.165, 1.54) is 11.1 Å². The van der Waals surface area contributed by atoms with Gasteiger partial charge in [-0.3, -0.25) is 9.30 Å². The Bertz CT molecular complexity index is 2430. The molecule has 5 aromatic carbocycles. The van der Waals surface area contributed by atoms with Crippen LogP contribution in [0.2, 0.25) is 0 Å². The van der Waals surface area contributed by atoms with Gasteiger partial charge in [-0.05, 0) is 103 Å². The van der Waals surface area contributed by atoms with Crippen LogP contribution in [-0.4, -0.2) is 19.6 Å². The molecule has 0 saturated carbocycles. The molecule has 48 heavy (non-hydrogen) atoms. The van der Waals surface area contributed by atoms with E-state index in [0.29, 0.717) is 5.92 Å². The molecule has 8 rings (SSSR count). The fourth-order valence-electron chi connectivity index (χ4n) is 6.48. The Kier molecular flexibility index (Phi) is 7.33. The third kappa shape index (κ3) is 5.21. The monoisotopic (exact) mass is 625 g/mol. The number of rotatable bonds is 7. The van der Waals surface area contributed by atoms with Gasteiger partial charge in [0.15, 0.2) is 11.5 Å². The van der Waals surface area contributed by atoms with Gasteiger partial charge in [-0.25, -0.2) is 4.98 Å². The molecule has 0 spiro atoms. The Balaban J connectivity index is 1.23. The van der Waals surface area contributed by atoms with E-state index in [-0.39, 0.29) is 0 Å². The second kappa shape index (κ2) is 12.0. The first-order valence-corrected chi connectivity index (χ1v) is 16.3. The van der Waals surface area contributed by atoms with Gasteiger partial charge < -0.3 is 4.74 Å². The van der Waals surface area contributed by atoms with Crippen molar-refractivity contribution in [2.45, 2.75) is 33.6 Å². The molecule has 0 aliphatic heterocycles. The Hall–Kier alpha value is -6.01. The largest absolute Gasteiger partial charge is 0.457 e. The molecule has 3 aromatic heterocycles. The summed E-state index contributed by atoms with van der Waals surface area (Å²) in [5.74, 6) is 3.56. The molecule has 0 fully saturated rings. The lowest BCUT2D eigenvalue weighted by Gasteiger charge is -2.25. The normalized spacial score (nSPS) is 11.5. The van der Waals surface area contributed by atoms with Crippen LogP contribution in [0.1, 0.15) is 36.5 Å². The van der Waals surface area contributed by atoms with Gasteiger partial charge in [0.1, 0.15) is 17.3 Å². The lowest BCUT2D eigenvalue weighted by atomic mass is 10.0. The molecule has 0 aliphatic rings. The van der Waals surface area contributed by atoms with Crippen LogP contribution in [0, 0.1) is 13.8 Å². The van der Waals surface area contributed by atoms with Crippen molar-refractivity contribution in [1.29, 1.82) is 0 Å². The SMILES string of the molecule is Cc1ccc2c(c1)c1ccc(Oc3cccc(N(c4ccc(C(C)C)cc4)c4ccccn4)c3)cc1c1nnc(-c3ccccc3C)n21. The van der Waals surface area contributed by atoms with Gasteiger partial charge in [0.25, 0.3) is 0 Å². The van der Waals surface area contributed by atoms with Crippen LogP contribution < -0.4 is 9.64 Å². The predicted molar refractivity (Wildman–Crippen MR) is 196 cm³/mol. The van der Waals surface area contributed by atoms with Crippen LogP contribution in [0.5, 0.6) is 11.5 Å². The molecule has 0 amide bonds. The minimum Gasteiger partial charge on any atom is -0.457 e. The maximum absolute atomic E-state index is 6.59. The molecular weight excluding hydrogens is 590 g/mol. The number of aromatic nitrogens is 4. The van der Waals surface area contributed by atoms with E-state index >= 15 is 0 Å². The van der Waals surface area contributed by atoms with E-state index in [1.54, 1.807) is 0 Å². The summed E-state index contributed by atoms with van der Waals surface area (Å²) in [6.45, 7) is 8.65. The molecule has 3 heterocycles. The molecule has 0 bridgehead atoms. The van der Waals surface area contributed by atoms with Gasteiger partial charge in [-0.15, -0.1) is 10.2 Å². The first-order valence-electron chi connectivity index (χ1n) is 16.3. The summed E-state index contributed by atoms with van der Waals surface area (Å²) in [7, 11) is 0. The first kappa shape index (κ1) is 29.4. The standard InChI is InChI=1S/C42H35N5O/c1-27(2)30-16-18-31(19-17-30)46(40-14-7-8-23-43-40)32-11-9-12-33(25-32)48-34-20-21-36-37-24-28(3)15-22-39(37)47-41(35-13-6-5-10-29(35)4)44-45-42(47)38(36)26-34/h5-27H,1-4H3. The number of hydrogen-bond donors (Lipinski definition) is 0. The Morgan fingerprint density at radius 3 is 2.25 bits per heavy atom. The molecule has 0 radical (unpaired) electrons. The molecule has 6 heteroatoms. The number of nitrogens with zero attached hydrogens (tertiary/aromatic N) is 5. The first-order chi connectivity index (χ1) is 23.4. The number of ether oxygens (including phenoxy) is 1. The zero-order valence-electron chi connectivity index (χ0n) is 27.4. The molecule has 234 valence electrons. The number of pyridine rings is 2. The summed E-state index contributed by atoms with van der Waals surface area (Å²) >= 11 is 0. The summed E-state index contributed by atoms with van der Waals surface area (Å²) in [4.78, 5) is 6.85. The average molecular weight is 626 g/mol. The maximum atomic E-state index is 6.59.